The van der Waals surface area contributed by atoms with Crippen molar-refractivity contribution in [3.8, 4) is 0 Å². The average Bonchev–Trinajstić information content (AvgIpc) is 3.09. The lowest BCUT2D eigenvalue weighted by molar-refractivity contribution is -0.148. The Morgan fingerprint density at radius 1 is 1.30 bits per heavy atom. The molecule has 1 heterocycles. The van der Waals surface area contributed by atoms with Crippen molar-refractivity contribution in [3.63, 3.8) is 0 Å². The second kappa shape index (κ2) is 6.02. The van der Waals surface area contributed by atoms with Crippen LogP contribution < -0.4 is 0 Å². The summed E-state index contributed by atoms with van der Waals surface area (Å²) in [6, 6.07) is 0.393. The number of carbonyl (C=O) groups excluding carboxylic acids is 1. The van der Waals surface area contributed by atoms with E-state index in [0.717, 1.165) is 12.8 Å². The second-order valence-corrected chi connectivity index (χ2v) is 6.12. The van der Waals surface area contributed by atoms with E-state index >= 15 is 0 Å². The van der Waals surface area contributed by atoms with Crippen LogP contribution in [0.1, 0.15) is 52.4 Å². The summed E-state index contributed by atoms with van der Waals surface area (Å²) in [5, 5.41) is 9.42. The van der Waals surface area contributed by atoms with E-state index in [2.05, 4.69) is 0 Å². The van der Waals surface area contributed by atoms with E-state index in [0.29, 0.717) is 38.5 Å². The van der Waals surface area contributed by atoms with Crippen LogP contribution in [0.15, 0.2) is 0 Å². The molecule has 1 atom stereocenters. The molecule has 1 unspecified atom stereocenters. The topological polar surface area (TPSA) is 60.9 Å². The average molecular weight is 282 g/mol. The number of carboxylic acid groups (broad SMARTS) is 1. The van der Waals surface area contributed by atoms with E-state index in [9.17, 15) is 14.7 Å². The van der Waals surface area contributed by atoms with Crippen LogP contribution in [0, 0.1) is 5.41 Å². The van der Waals surface area contributed by atoms with Crippen molar-refractivity contribution in [1.29, 1.82) is 0 Å². The minimum Gasteiger partial charge on any atom is -0.481 e. The monoisotopic (exact) mass is 282 g/mol. The number of urea groups is 1. The molecule has 0 spiro atoms. The Kier molecular flexibility index (Phi) is 4.55. The minimum atomic E-state index is -0.765. The zero-order chi connectivity index (χ0) is 14.8. The largest absolute Gasteiger partial charge is 0.481 e. The summed E-state index contributed by atoms with van der Waals surface area (Å²) < 4.78 is 0. The van der Waals surface area contributed by atoms with E-state index in [1.165, 1.54) is 12.8 Å². The summed E-state index contributed by atoms with van der Waals surface area (Å²) in [7, 11) is 0. The number of rotatable bonds is 4. The quantitative estimate of drug-likeness (QED) is 0.862. The van der Waals surface area contributed by atoms with Crippen molar-refractivity contribution in [1.82, 2.24) is 9.80 Å². The van der Waals surface area contributed by atoms with Crippen LogP contribution in [0.3, 0.4) is 0 Å². The normalized spacial score (nSPS) is 27.0. The molecule has 1 aliphatic heterocycles. The third-order valence-corrected chi connectivity index (χ3v) is 5.11. The minimum absolute atomic E-state index is 0.0379. The summed E-state index contributed by atoms with van der Waals surface area (Å²) in [6.07, 6.45) is 5.73. The first kappa shape index (κ1) is 15.1. The Morgan fingerprint density at radius 2 is 1.95 bits per heavy atom. The standard InChI is InChI=1S/C15H26N2O3/c1-3-15(13(18)19)9-10-16(11-15)14(20)17(4-2)12-7-5-6-8-12/h12H,3-11H2,1-2H3,(H,18,19). The molecule has 0 aromatic carbocycles. The molecule has 2 fully saturated rings. The van der Waals surface area contributed by atoms with Gasteiger partial charge in [-0.3, -0.25) is 4.79 Å². The first-order valence-electron chi connectivity index (χ1n) is 7.83. The molecule has 5 nitrogen and oxygen atoms in total. The molecule has 0 aromatic rings. The van der Waals surface area contributed by atoms with Crippen LogP contribution in [0.5, 0.6) is 0 Å². The summed E-state index contributed by atoms with van der Waals surface area (Å²) >= 11 is 0. The molecule has 0 aromatic heterocycles. The molecule has 114 valence electrons. The van der Waals surface area contributed by atoms with Gasteiger partial charge in [0.25, 0.3) is 0 Å². The summed E-state index contributed by atoms with van der Waals surface area (Å²) in [6.45, 7) is 5.56. The van der Waals surface area contributed by atoms with E-state index in [1.807, 2.05) is 18.7 Å². The van der Waals surface area contributed by atoms with Gasteiger partial charge in [-0.1, -0.05) is 19.8 Å². The maximum absolute atomic E-state index is 12.6. The lowest BCUT2D eigenvalue weighted by Crippen LogP contribution is -2.47. The molecule has 1 saturated heterocycles. The van der Waals surface area contributed by atoms with Crippen LogP contribution >= 0.6 is 0 Å². The molecular weight excluding hydrogens is 256 g/mol. The molecule has 0 bridgehead atoms. The Bertz CT molecular complexity index is 379. The van der Waals surface area contributed by atoms with Gasteiger partial charge in [0, 0.05) is 25.7 Å². The predicted octanol–water partition coefficient (Wildman–Crippen LogP) is 2.56. The van der Waals surface area contributed by atoms with E-state index in [1.54, 1.807) is 4.90 Å². The van der Waals surface area contributed by atoms with Gasteiger partial charge in [0.2, 0.25) is 0 Å². The van der Waals surface area contributed by atoms with Crippen molar-refractivity contribution in [2.45, 2.75) is 58.4 Å². The van der Waals surface area contributed by atoms with Gasteiger partial charge >= 0.3 is 12.0 Å². The van der Waals surface area contributed by atoms with Crippen molar-refractivity contribution in [2.75, 3.05) is 19.6 Å². The van der Waals surface area contributed by atoms with Gasteiger partial charge in [0.1, 0.15) is 0 Å². The summed E-state index contributed by atoms with van der Waals surface area (Å²) in [5.74, 6) is -0.765. The smallest absolute Gasteiger partial charge is 0.320 e. The third-order valence-electron chi connectivity index (χ3n) is 5.11. The van der Waals surface area contributed by atoms with Crippen LogP contribution in [0.25, 0.3) is 0 Å². The SMILES string of the molecule is CCN(C(=O)N1CCC(CC)(C(=O)O)C1)C1CCCC1. The molecule has 20 heavy (non-hydrogen) atoms. The van der Waals surface area contributed by atoms with Crippen LogP contribution in [0.2, 0.25) is 0 Å². The number of hydrogen-bond acceptors (Lipinski definition) is 2. The first-order chi connectivity index (χ1) is 9.54. The number of carbonyl (C=O) groups is 2. The predicted molar refractivity (Wildman–Crippen MR) is 76.6 cm³/mol. The van der Waals surface area contributed by atoms with Crippen molar-refractivity contribution in [3.05, 3.63) is 0 Å². The number of hydrogen-bond donors (Lipinski definition) is 1. The fourth-order valence-corrected chi connectivity index (χ4v) is 3.60. The molecule has 2 amide bonds. The van der Waals surface area contributed by atoms with Crippen molar-refractivity contribution in [2.24, 2.45) is 5.41 Å². The number of aliphatic carboxylic acids is 1. The highest BCUT2D eigenvalue weighted by Crippen LogP contribution is 2.35. The molecule has 0 radical (unpaired) electrons. The molecule has 1 N–H and O–H groups in total. The molecule has 1 aliphatic carbocycles. The van der Waals surface area contributed by atoms with Crippen molar-refractivity contribution >= 4 is 12.0 Å². The maximum atomic E-state index is 12.6. The number of likely N-dealkylation sites (tertiary alicyclic amines) is 1. The number of nitrogens with zero attached hydrogens (tertiary/aromatic N) is 2. The molecule has 2 aliphatic rings. The van der Waals surface area contributed by atoms with Gasteiger partial charge in [-0.25, -0.2) is 4.79 Å². The van der Waals surface area contributed by atoms with E-state index < -0.39 is 11.4 Å². The van der Waals surface area contributed by atoms with E-state index in [-0.39, 0.29) is 6.03 Å². The van der Waals surface area contributed by atoms with Gasteiger partial charge in [0.05, 0.1) is 5.41 Å². The number of carboxylic acids is 1. The number of amides is 2. The summed E-state index contributed by atoms with van der Waals surface area (Å²) in [4.78, 5) is 27.8. The fourth-order valence-electron chi connectivity index (χ4n) is 3.60. The van der Waals surface area contributed by atoms with Gasteiger partial charge in [-0.2, -0.15) is 0 Å². The zero-order valence-corrected chi connectivity index (χ0v) is 12.6. The lowest BCUT2D eigenvalue weighted by Gasteiger charge is -2.32. The molecule has 1 saturated carbocycles. The van der Waals surface area contributed by atoms with Crippen LogP contribution in [-0.2, 0) is 4.79 Å². The Morgan fingerprint density at radius 3 is 2.40 bits per heavy atom. The molecule has 2 rings (SSSR count). The molecular formula is C15H26N2O3. The second-order valence-electron chi connectivity index (χ2n) is 6.12. The van der Waals surface area contributed by atoms with Gasteiger partial charge in [-0.05, 0) is 32.6 Å². The first-order valence-corrected chi connectivity index (χ1v) is 7.83. The zero-order valence-electron chi connectivity index (χ0n) is 12.6. The highest BCUT2D eigenvalue weighted by molar-refractivity contribution is 5.80. The Balaban J connectivity index is 2.04. The van der Waals surface area contributed by atoms with Crippen molar-refractivity contribution < 1.29 is 14.7 Å². The van der Waals surface area contributed by atoms with Crippen LogP contribution in [-0.4, -0.2) is 52.6 Å². The highest BCUT2D eigenvalue weighted by Gasteiger charge is 2.46. The van der Waals surface area contributed by atoms with Gasteiger partial charge < -0.3 is 14.9 Å². The lowest BCUT2D eigenvalue weighted by atomic mass is 9.84. The fraction of sp³-hybridized carbons (Fsp3) is 0.867. The summed E-state index contributed by atoms with van der Waals surface area (Å²) in [5.41, 5.74) is -0.731. The molecule has 5 heteroatoms. The van der Waals surface area contributed by atoms with Gasteiger partial charge in [0.15, 0.2) is 0 Å². The van der Waals surface area contributed by atoms with Gasteiger partial charge in [-0.15, -0.1) is 0 Å². The van der Waals surface area contributed by atoms with Crippen LogP contribution in [0.4, 0.5) is 4.79 Å². The third kappa shape index (κ3) is 2.63. The van der Waals surface area contributed by atoms with E-state index in [4.69, 9.17) is 0 Å². The Hall–Kier alpha value is -1.26. The maximum Gasteiger partial charge on any atom is 0.320 e. The Labute approximate surface area is 120 Å². The highest BCUT2D eigenvalue weighted by atomic mass is 16.4.